The zero-order chi connectivity index (χ0) is 14.7. The molecule has 3 rings (SSSR count). The molecule has 0 spiro atoms. The van der Waals surface area contributed by atoms with Crippen molar-refractivity contribution in [2.45, 2.75) is 6.92 Å². The molecule has 3 nitrogen and oxygen atoms in total. The van der Waals surface area contributed by atoms with Gasteiger partial charge in [0.2, 0.25) is 0 Å². The van der Waals surface area contributed by atoms with Crippen LogP contribution in [0.3, 0.4) is 0 Å². The fourth-order valence-electron chi connectivity index (χ4n) is 2.20. The van der Waals surface area contributed by atoms with E-state index in [0.717, 1.165) is 28.3 Å². The maximum atomic E-state index is 5.78. The number of anilines is 1. The SMILES string of the molecule is Cc1cc(N)cnc1-c1ccc(Oc2ccccc2)cc1. The van der Waals surface area contributed by atoms with Crippen LogP contribution in [0.5, 0.6) is 11.5 Å². The molecule has 0 bridgehead atoms. The lowest BCUT2D eigenvalue weighted by Crippen LogP contribution is -1.92. The van der Waals surface area contributed by atoms with Crippen LogP contribution in [0.4, 0.5) is 5.69 Å². The first-order chi connectivity index (χ1) is 10.2. The van der Waals surface area contributed by atoms with Gasteiger partial charge >= 0.3 is 0 Å². The molecule has 0 fully saturated rings. The van der Waals surface area contributed by atoms with Crippen molar-refractivity contribution in [3.8, 4) is 22.8 Å². The van der Waals surface area contributed by atoms with Crippen LogP contribution in [0.1, 0.15) is 5.56 Å². The van der Waals surface area contributed by atoms with E-state index in [9.17, 15) is 0 Å². The number of rotatable bonds is 3. The number of nitrogen functional groups attached to an aromatic ring is 1. The number of para-hydroxylation sites is 1. The molecular weight excluding hydrogens is 260 g/mol. The number of hydrogen-bond acceptors (Lipinski definition) is 3. The van der Waals surface area contributed by atoms with Crippen LogP contribution in [0.2, 0.25) is 0 Å². The van der Waals surface area contributed by atoms with Gasteiger partial charge in [0, 0.05) is 5.56 Å². The summed E-state index contributed by atoms with van der Waals surface area (Å²) in [5.74, 6) is 1.63. The Morgan fingerprint density at radius 1 is 0.905 bits per heavy atom. The molecule has 1 aromatic heterocycles. The number of nitrogens with two attached hydrogens (primary N) is 1. The van der Waals surface area contributed by atoms with Gasteiger partial charge in [-0.25, -0.2) is 0 Å². The third-order valence-corrected chi connectivity index (χ3v) is 3.21. The first-order valence-corrected chi connectivity index (χ1v) is 6.78. The lowest BCUT2D eigenvalue weighted by molar-refractivity contribution is 0.483. The van der Waals surface area contributed by atoms with E-state index >= 15 is 0 Å². The first kappa shape index (κ1) is 13.2. The average molecular weight is 276 g/mol. The molecule has 0 atom stereocenters. The number of pyridine rings is 1. The molecule has 21 heavy (non-hydrogen) atoms. The van der Waals surface area contributed by atoms with Gasteiger partial charge in [-0.05, 0) is 55.0 Å². The normalized spacial score (nSPS) is 10.3. The van der Waals surface area contributed by atoms with Crippen molar-refractivity contribution in [3.63, 3.8) is 0 Å². The van der Waals surface area contributed by atoms with Gasteiger partial charge < -0.3 is 10.5 Å². The standard InChI is InChI=1S/C18H16N2O/c1-13-11-15(19)12-20-18(13)14-7-9-17(10-8-14)21-16-5-3-2-4-6-16/h2-12H,19H2,1H3. The van der Waals surface area contributed by atoms with Crippen LogP contribution < -0.4 is 10.5 Å². The largest absolute Gasteiger partial charge is 0.457 e. The molecule has 0 aliphatic carbocycles. The fraction of sp³-hybridized carbons (Fsp3) is 0.0556. The minimum Gasteiger partial charge on any atom is -0.457 e. The molecule has 0 unspecified atom stereocenters. The number of ether oxygens (including phenoxy) is 1. The van der Waals surface area contributed by atoms with E-state index in [2.05, 4.69) is 4.98 Å². The van der Waals surface area contributed by atoms with Crippen LogP contribution in [-0.4, -0.2) is 4.98 Å². The molecule has 104 valence electrons. The zero-order valence-electron chi connectivity index (χ0n) is 11.8. The summed E-state index contributed by atoms with van der Waals surface area (Å²) in [6.07, 6.45) is 1.68. The predicted molar refractivity (Wildman–Crippen MR) is 85.3 cm³/mol. The Kier molecular flexibility index (Phi) is 3.56. The molecule has 2 aromatic carbocycles. The van der Waals surface area contributed by atoms with Crippen LogP contribution in [0.15, 0.2) is 66.9 Å². The quantitative estimate of drug-likeness (QED) is 0.769. The highest BCUT2D eigenvalue weighted by atomic mass is 16.5. The van der Waals surface area contributed by atoms with Crippen molar-refractivity contribution in [1.82, 2.24) is 4.98 Å². The van der Waals surface area contributed by atoms with E-state index in [-0.39, 0.29) is 0 Å². The Morgan fingerprint density at radius 3 is 2.24 bits per heavy atom. The van der Waals surface area contributed by atoms with Crippen molar-refractivity contribution in [3.05, 3.63) is 72.4 Å². The van der Waals surface area contributed by atoms with Crippen LogP contribution in [-0.2, 0) is 0 Å². The lowest BCUT2D eigenvalue weighted by Gasteiger charge is -2.08. The topological polar surface area (TPSA) is 48.1 Å². The molecule has 2 N–H and O–H groups in total. The Morgan fingerprint density at radius 2 is 1.57 bits per heavy atom. The molecule has 3 heteroatoms. The Hall–Kier alpha value is -2.81. The van der Waals surface area contributed by atoms with Crippen molar-refractivity contribution in [2.24, 2.45) is 0 Å². The monoisotopic (exact) mass is 276 g/mol. The van der Waals surface area contributed by atoms with Crippen molar-refractivity contribution in [1.29, 1.82) is 0 Å². The molecule has 0 radical (unpaired) electrons. The van der Waals surface area contributed by atoms with Gasteiger partial charge in [0.1, 0.15) is 11.5 Å². The van der Waals surface area contributed by atoms with E-state index in [1.165, 1.54) is 0 Å². The number of benzene rings is 2. The van der Waals surface area contributed by atoms with Gasteiger partial charge in [-0.3, -0.25) is 4.98 Å². The summed E-state index contributed by atoms with van der Waals surface area (Å²) in [6.45, 7) is 2.01. The van der Waals surface area contributed by atoms with Crippen LogP contribution in [0.25, 0.3) is 11.3 Å². The maximum Gasteiger partial charge on any atom is 0.127 e. The van der Waals surface area contributed by atoms with Gasteiger partial charge in [-0.1, -0.05) is 18.2 Å². The zero-order valence-corrected chi connectivity index (χ0v) is 11.8. The summed E-state index contributed by atoms with van der Waals surface area (Å²) in [4.78, 5) is 4.40. The van der Waals surface area contributed by atoms with E-state index in [4.69, 9.17) is 10.5 Å². The van der Waals surface area contributed by atoms with E-state index in [1.54, 1.807) is 6.20 Å². The van der Waals surface area contributed by atoms with Crippen molar-refractivity contribution >= 4 is 5.69 Å². The number of nitrogens with zero attached hydrogens (tertiary/aromatic N) is 1. The van der Waals surface area contributed by atoms with Crippen LogP contribution >= 0.6 is 0 Å². The number of aryl methyl sites for hydroxylation is 1. The Bertz CT molecular complexity index is 737. The van der Waals surface area contributed by atoms with Gasteiger partial charge in [-0.15, -0.1) is 0 Å². The third-order valence-electron chi connectivity index (χ3n) is 3.21. The smallest absolute Gasteiger partial charge is 0.127 e. The molecule has 0 saturated carbocycles. The van der Waals surface area contributed by atoms with E-state index in [1.807, 2.05) is 67.6 Å². The van der Waals surface area contributed by atoms with Crippen LogP contribution in [0, 0.1) is 6.92 Å². The summed E-state index contributed by atoms with van der Waals surface area (Å²) < 4.78 is 5.78. The Labute approximate surface area is 124 Å². The van der Waals surface area contributed by atoms with Gasteiger partial charge in [0.25, 0.3) is 0 Å². The predicted octanol–water partition coefficient (Wildman–Crippen LogP) is 4.43. The maximum absolute atomic E-state index is 5.78. The minimum atomic E-state index is 0.681. The van der Waals surface area contributed by atoms with E-state index < -0.39 is 0 Å². The van der Waals surface area contributed by atoms with Gasteiger partial charge in [0.05, 0.1) is 17.6 Å². The molecule has 0 aliphatic heterocycles. The summed E-state index contributed by atoms with van der Waals surface area (Å²) in [5.41, 5.74) is 9.46. The molecule has 1 heterocycles. The Balaban J connectivity index is 1.84. The van der Waals surface area contributed by atoms with Gasteiger partial charge in [0.15, 0.2) is 0 Å². The molecule has 0 saturated heterocycles. The molecule has 0 aliphatic rings. The number of aromatic nitrogens is 1. The lowest BCUT2D eigenvalue weighted by atomic mass is 10.1. The molecule has 0 amide bonds. The molecular formula is C18H16N2O. The highest BCUT2D eigenvalue weighted by molar-refractivity contribution is 5.65. The molecule has 3 aromatic rings. The second-order valence-electron chi connectivity index (χ2n) is 4.87. The summed E-state index contributed by atoms with van der Waals surface area (Å²) in [7, 11) is 0. The van der Waals surface area contributed by atoms with Gasteiger partial charge in [-0.2, -0.15) is 0 Å². The summed E-state index contributed by atoms with van der Waals surface area (Å²) in [6, 6.07) is 19.5. The van der Waals surface area contributed by atoms with Crippen molar-refractivity contribution < 1.29 is 4.74 Å². The third kappa shape index (κ3) is 3.03. The number of hydrogen-bond donors (Lipinski definition) is 1. The fourth-order valence-corrected chi connectivity index (χ4v) is 2.20. The van der Waals surface area contributed by atoms with Crippen molar-refractivity contribution in [2.75, 3.05) is 5.73 Å². The summed E-state index contributed by atoms with van der Waals surface area (Å²) >= 11 is 0. The van der Waals surface area contributed by atoms with E-state index in [0.29, 0.717) is 5.69 Å². The second kappa shape index (κ2) is 5.67. The summed E-state index contributed by atoms with van der Waals surface area (Å²) in [5, 5.41) is 0. The first-order valence-electron chi connectivity index (χ1n) is 6.78. The highest BCUT2D eigenvalue weighted by Gasteiger charge is 2.04. The second-order valence-corrected chi connectivity index (χ2v) is 4.87. The highest BCUT2D eigenvalue weighted by Crippen LogP contribution is 2.26. The minimum absolute atomic E-state index is 0.681. The average Bonchev–Trinajstić information content (AvgIpc) is 2.49.